The monoisotopic (exact) mass is 518 g/mol. The van der Waals surface area contributed by atoms with Gasteiger partial charge in [0.15, 0.2) is 0 Å². The number of aliphatic carboxylic acids is 1. The molecule has 9 nitrogen and oxygen atoms in total. The molecule has 5 rings (SSSR count). The van der Waals surface area contributed by atoms with Gasteiger partial charge in [-0.25, -0.2) is 8.42 Å². The molecule has 0 bridgehead atoms. The van der Waals surface area contributed by atoms with E-state index in [-0.39, 0.29) is 42.8 Å². The van der Waals surface area contributed by atoms with E-state index in [1.54, 1.807) is 52.2 Å². The molecule has 1 aliphatic rings. The number of benzene rings is 1. The third-order valence-corrected chi connectivity index (χ3v) is 9.40. The molecule has 4 heterocycles. The maximum Gasteiger partial charge on any atom is 0.323 e. The summed E-state index contributed by atoms with van der Waals surface area (Å²) in [5.41, 5.74) is 1.31. The number of hydrogen-bond donors (Lipinski definition) is 1. The number of carboxylic acids is 1. The number of amides is 1. The number of pyridine rings is 1. The summed E-state index contributed by atoms with van der Waals surface area (Å²) in [7, 11) is -3.84. The SMILES string of the molecule is O=C(O)Cn1c(CN2CCN(S(=O)(=O)c3cc4ccc(Cl)cc4s3)CC2=O)cc2ccncc21. The molecule has 1 aromatic carbocycles. The first kappa shape index (κ1) is 22.8. The normalized spacial score (nSPS) is 15.4. The van der Waals surface area contributed by atoms with Gasteiger partial charge in [0.25, 0.3) is 10.0 Å². The Morgan fingerprint density at radius 2 is 1.97 bits per heavy atom. The molecule has 176 valence electrons. The molecule has 0 spiro atoms. The van der Waals surface area contributed by atoms with Crippen molar-refractivity contribution in [3.05, 3.63) is 59.5 Å². The van der Waals surface area contributed by atoms with Crippen LogP contribution in [0.4, 0.5) is 0 Å². The first-order valence-corrected chi connectivity index (χ1v) is 13.0. The van der Waals surface area contributed by atoms with E-state index >= 15 is 0 Å². The number of fused-ring (bicyclic) bond motifs is 2. The number of carboxylic acid groups (broad SMARTS) is 1. The van der Waals surface area contributed by atoms with E-state index in [0.717, 1.165) is 26.8 Å². The Labute approximate surface area is 203 Å². The van der Waals surface area contributed by atoms with Crippen LogP contribution >= 0.6 is 22.9 Å². The lowest BCUT2D eigenvalue weighted by Gasteiger charge is -2.33. The van der Waals surface area contributed by atoms with Gasteiger partial charge in [0.05, 0.1) is 24.8 Å². The molecule has 0 unspecified atom stereocenters. The van der Waals surface area contributed by atoms with Crippen LogP contribution in [0.1, 0.15) is 5.69 Å². The topological polar surface area (TPSA) is 113 Å². The predicted molar refractivity (Wildman–Crippen MR) is 128 cm³/mol. The van der Waals surface area contributed by atoms with E-state index in [1.807, 2.05) is 6.07 Å². The highest BCUT2D eigenvalue weighted by Gasteiger charge is 2.34. The lowest BCUT2D eigenvalue weighted by atomic mass is 10.3. The Morgan fingerprint density at radius 3 is 2.74 bits per heavy atom. The van der Waals surface area contributed by atoms with Crippen LogP contribution in [0.25, 0.3) is 21.0 Å². The smallest absolute Gasteiger partial charge is 0.323 e. The highest BCUT2D eigenvalue weighted by atomic mass is 35.5. The average Bonchev–Trinajstić information content (AvgIpc) is 3.36. The molecule has 1 saturated heterocycles. The number of piperazine rings is 1. The van der Waals surface area contributed by atoms with Crippen LogP contribution in [0.15, 0.2) is 53.0 Å². The van der Waals surface area contributed by atoms with Crippen LogP contribution in [0.2, 0.25) is 5.02 Å². The molecule has 0 saturated carbocycles. The Morgan fingerprint density at radius 1 is 1.15 bits per heavy atom. The number of aromatic nitrogens is 2. The Kier molecular flexibility index (Phi) is 5.80. The summed E-state index contributed by atoms with van der Waals surface area (Å²) in [5, 5.41) is 11.5. The van der Waals surface area contributed by atoms with Crippen molar-refractivity contribution >= 4 is 65.8 Å². The van der Waals surface area contributed by atoms with Gasteiger partial charge in [-0.15, -0.1) is 11.3 Å². The molecule has 0 atom stereocenters. The maximum atomic E-state index is 13.2. The van der Waals surface area contributed by atoms with Crippen LogP contribution in [0, 0.1) is 0 Å². The van der Waals surface area contributed by atoms with Crippen molar-refractivity contribution in [2.24, 2.45) is 0 Å². The van der Waals surface area contributed by atoms with Gasteiger partial charge >= 0.3 is 5.97 Å². The van der Waals surface area contributed by atoms with Gasteiger partial charge < -0.3 is 14.6 Å². The molecular weight excluding hydrogens is 500 g/mol. The lowest BCUT2D eigenvalue weighted by molar-refractivity contribution is -0.137. The zero-order chi connectivity index (χ0) is 24.0. The molecule has 1 N–H and O–H groups in total. The molecule has 34 heavy (non-hydrogen) atoms. The minimum Gasteiger partial charge on any atom is -0.480 e. The molecule has 12 heteroatoms. The third-order valence-electron chi connectivity index (χ3n) is 5.78. The molecule has 1 aliphatic heterocycles. The predicted octanol–water partition coefficient (Wildman–Crippen LogP) is 3.02. The van der Waals surface area contributed by atoms with Crippen LogP contribution in [-0.2, 0) is 32.7 Å². The van der Waals surface area contributed by atoms with E-state index in [0.29, 0.717) is 16.2 Å². The second kappa shape index (κ2) is 8.66. The summed E-state index contributed by atoms with van der Waals surface area (Å²) >= 11 is 7.14. The van der Waals surface area contributed by atoms with Gasteiger partial charge in [-0.2, -0.15) is 4.31 Å². The quantitative estimate of drug-likeness (QED) is 0.420. The van der Waals surface area contributed by atoms with E-state index in [9.17, 15) is 23.1 Å². The van der Waals surface area contributed by atoms with Gasteiger partial charge in [-0.05, 0) is 35.7 Å². The van der Waals surface area contributed by atoms with Crippen molar-refractivity contribution in [3.8, 4) is 0 Å². The summed E-state index contributed by atoms with van der Waals surface area (Å²) in [5.74, 6) is -1.35. The van der Waals surface area contributed by atoms with E-state index in [1.165, 1.54) is 4.31 Å². The number of nitrogens with zero attached hydrogens (tertiary/aromatic N) is 4. The Bertz CT molecular complexity index is 1550. The van der Waals surface area contributed by atoms with Crippen LogP contribution in [0.3, 0.4) is 0 Å². The molecule has 1 fully saturated rings. The van der Waals surface area contributed by atoms with E-state index < -0.39 is 16.0 Å². The Balaban J connectivity index is 1.36. The summed E-state index contributed by atoms with van der Waals surface area (Å²) in [6, 6.07) is 10.4. The molecule has 4 aromatic rings. The third kappa shape index (κ3) is 4.16. The maximum absolute atomic E-state index is 13.2. The summed E-state index contributed by atoms with van der Waals surface area (Å²) in [6.45, 7) is -0.0252. The number of sulfonamides is 1. The fraction of sp³-hybridized carbons (Fsp3) is 0.227. The average molecular weight is 519 g/mol. The number of rotatable bonds is 6. The summed E-state index contributed by atoms with van der Waals surface area (Å²) in [4.78, 5) is 29.9. The van der Waals surface area contributed by atoms with Crippen LogP contribution < -0.4 is 0 Å². The van der Waals surface area contributed by atoms with Crippen molar-refractivity contribution in [1.82, 2.24) is 18.8 Å². The highest BCUT2D eigenvalue weighted by Crippen LogP contribution is 2.33. The second-order valence-electron chi connectivity index (χ2n) is 7.95. The first-order chi connectivity index (χ1) is 16.2. The van der Waals surface area contributed by atoms with Crippen molar-refractivity contribution < 1.29 is 23.1 Å². The van der Waals surface area contributed by atoms with Crippen molar-refractivity contribution in [2.75, 3.05) is 19.6 Å². The number of carbonyl (C=O) groups excluding carboxylic acids is 1. The molecular formula is C22H19ClN4O5S2. The summed E-state index contributed by atoms with van der Waals surface area (Å²) in [6.07, 6.45) is 3.21. The standard InChI is InChI=1S/C22H19ClN4O5S2/c23-16-2-1-15-8-22(33-19(15)9-16)34(31,32)26-6-5-25(20(28)12-26)11-17-7-14-3-4-24-10-18(14)27(17)13-21(29)30/h1-4,7-10H,5-6,11-13H2,(H,29,30). The largest absolute Gasteiger partial charge is 0.480 e. The van der Waals surface area contributed by atoms with E-state index in [4.69, 9.17) is 11.6 Å². The number of hydrogen-bond acceptors (Lipinski definition) is 6. The van der Waals surface area contributed by atoms with Gasteiger partial charge in [0.2, 0.25) is 5.91 Å². The zero-order valence-corrected chi connectivity index (χ0v) is 20.1. The zero-order valence-electron chi connectivity index (χ0n) is 17.7. The fourth-order valence-corrected chi connectivity index (χ4v) is 7.31. The highest BCUT2D eigenvalue weighted by molar-refractivity contribution is 7.91. The molecule has 3 aromatic heterocycles. The van der Waals surface area contributed by atoms with Crippen LogP contribution in [0.5, 0.6) is 0 Å². The van der Waals surface area contributed by atoms with E-state index in [2.05, 4.69) is 4.98 Å². The molecule has 1 amide bonds. The second-order valence-corrected chi connectivity index (χ2v) is 11.6. The van der Waals surface area contributed by atoms with Crippen LogP contribution in [-0.4, -0.2) is 63.8 Å². The lowest BCUT2D eigenvalue weighted by Crippen LogP contribution is -2.51. The molecule has 0 radical (unpaired) electrons. The number of carbonyl (C=O) groups is 2. The minimum absolute atomic E-state index is 0.143. The minimum atomic E-state index is -3.84. The van der Waals surface area contributed by atoms with Gasteiger partial charge in [-0.3, -0.25) is 14.6 Å². The van der Waals surface area contributed by atoms with Crippen molar-refractivity contribution in [1.29, 1.82) is 0 Å². The molecule has 0 aliphatic carbocycles. The van der Waals surface area contributed by atoms with Crippen molar-refractivity contribution in [2.45, 2.75) is 17.3 Å². The van der Waals surface area contributed by atoms with Gasteiger partial charge in [0.1, 0.15) is 10.8 Å². The number of halogens is 1. The van der Waals surface area contributed by atoms with Gasteiger partial charge in [0, 0.05) is 40.1 Å². The fourth-order valence-electron chi connectivity index (χ4n) is 4.10. The van der Waals surface area contributed by atoms with Gasteiger partial charge in [-0.1, -0.05) is 17.7 Å². The number of thiophene rings is 1. The summed E-state index contributed by atoms with van der Waals surface area (Å²) < 4.78 is 30.1. The van der Waals surface area contributed by atoms with Crippen molar-refractivity contribution in [3.63, 3.8) is 0 Å². The Hall–Kier alpha value is -2.99. The first-order valence-electron chi connectivity index (χ1n) is 10.3.